The smallest absolute Gasteiger partial charge is 0.167 e. The zero-order valence-electron chi connectivity index (χ0n) is 9.52. The molecule has 5 heteroatoms. The summed E-state index contributed by atoms with van der Waals surface area (Å²) >= 11 is 0. The lowest BCUT2D eigenvalue weighted by atomic mass is 10.0. The van der Waals surface area contributed by atoms with E-state index >= 15 is 0 Å². The quantitative estimate of drug-likeness (QED) is 0.718. The molecule has 0 amide bonds. The molecular formula is C11H19N5. The highest BCUT2D eigenvalue weighted by atomic mass is 15.4. The first-order valence-corrected chi connectivity index (χ1v) is 6.25. The van der Waals surface area contributed by atoms with Gasteiger partial charge in [0.1, 0.15) is 5.82 Å². The first kappa shape index (κ1) is 10.2. The van der Waals surface area contributed by atoms with Gasteiger partial charge in [-0.2, -0.15) is 5.10 Å². The minimum Gasteiger partial charge on any atom is -0.327 e. The van der Waals surface area contributed by atoms with Crippen LogP contribution in [-0.4, -0.2) is 27.4 Å². The molecular weight excluding hydrogens is 202 g/mol. The minimum absolute atomic E-state index is 0.267. The standard InChI is InChI=1S/C11H19N5/c12-8-4-6-16-10(7-8)14-11(15-16)9-3-1-2-5-13-9/h8-9,13H,1-7,12H2. The predicted octanol–water partition coefficient (Wildman–Crippen LogP) is 0.366. The average molecular weight is 221 g/mol. The molecule has 2 unspecified atom stereocenters. The van der Waals surface area contributed by atoms with E-state index in [1.807, 2.05) is 4.68 Å². The fourth-order valence-electron chi connectivity index (χ4n) is 2.57. The van der Waals surface area contributed by atoms with E-state index in [0.717, 1.165) is 44.0 Å². The molecule has 0 aromatic carbocycles. The molecule has 2 atom stereocenters. The highest BCUT2D eigenvalue weighted by molar-refractivity contribution is 5.03. The third-order valence-corrected chi connectivity index (χ3v) is 3.54. The van der Waals surface area contributed by atoms with E-state index in [1.165, 1.54) is 12.8 Å². The Hall–Kier alpha value is -0.940. The van der Waals surface area contributed by atoms with Crippen molar-refractivity contribution in [2.75, 3.05) is 6.54 Å². The summed E-state index contributed by atoms with van der Waals surface area (Å²) in [6.07, 6.45) is 5.61. The number of hydrogen-bond acceptors (Lipinski definition) is 4. The summed E-state index contributed by atoms with van der Waals surface area (Å²) in [5.74, 6) is 2.05. The van der Waals surface area contributed by atoms with Crippen LogP contribution in [0.3, 0.4) is 0 Å². The van der Waals surface area contributed by atoms with E-state index < -0.39 is 0 Å². The van der Waals surface area contributed by atoms with Gasteiger partial charge in [-0.1, -0.05) is 6.42 Å². The molecule has 1 aromatic rings. The first-order valence-electron chi connectivity index (χ1n) is 6.25. The Morgan fingerprint density at radius 1 is 1.31 bits per heavy atom. The summed E-state index contributed by atoms with van der Waals surface area (Å²) in [6.45, 7) is 2.02. The SMILES string of the molecule is NC1CCn2nc(C3CCCCN3)nc2C1. The number of nitrogens with zero attached hydrogens (tertiary/aromatic N) is 3. The Bertz CT molecular complexity index is 366. The van der Waals surface area contributed by atoms with E-state index in [1.54, 1.807) is 0 Å². The maximum absolute atomic E-state index is 5.94. The normalized spacial score (nSPS) is 30.1. The highest BCUT2D eigenvalue weighted by Gasteiger charge is 2.24. The van der Waals surface area contributed by atoms with Gasteiger partial charge in [0.2, 0.25) is 0 Å². The van der Waals surface area contributed by atoms with Gasteiger partial charge < -0.3 is 11.1 Å². The number of nitrogens with one attached hydrogen (secondary N) is 1. The lowest BCUT2D eigenvalue weighted by molar-refractivity contribution is 0.391. The molecule has 1 fully saturated rings. The second-order valence-corrected chi connectivity index (χ2v) is 4.86. The molecule has 2 aliphatic rings. The van der Waals surface area contributed by atoms with Gasteiger partial charge in [0.05, 0.1) is 6.04 Å². The van der Waals surface area contributed by atoms with Gasteiger partial charge in [-0.25, -0.2) is 9.67 Å². The number of fused-ring (bicyclic) bond motifs is 1. The van der Waals surface area contributed by atoms with Crippen LogP contribution >= 0.6 is 0 Å². The van der Waals surface area contributed by atoms with E-state index in [4.69, 9.17) is 5.73 Å². The Labute approximate surface area is 95.4 Å². The van der Waals surface area contributed by atoms with Crippen molar-refractivity contribution in [3.8, 4) is 0 Å². The highest BCUT2D eigenvalue weighted by Crippen LogP contribution is 2.22. The molecule has 16 heavy (non-hydrogen) atoms. The molecule has 2 aliphatic heterocycles. The van der Waals surface area contributed by atoms with Gasteiger partial charge in [-0.05, 0) is 25.8 Å². The van der Waals surface area contributed by atoms with Crippen LogP contribution in [0.1, 0.15) is 43.4 Å². The number of rotatable bonds is 1. The van der Waals surface area contributed by atoms with Crippen molar-refractivity contribution in [3.63, 3.8) is 0 Å². The fourth-order valence-corrected chi connectivity index (χ4v) is 2.57. The number of aryl methyl sites for hydroxylation is 1. The monoisotopic (exact) mass is 221 g/mol. The molecule has 88 valence electrons. The van der Waals surface area contributed by atoms with Gasteiger partial charge in [-0.15, -0.1) is 0 Å². The summed E-state index contributed by atoms with van der Waals surface area (Å²) in [5.41, 5.74) is 5.94. The van der Waals surface area contributed by atoms with Crippen molar-refractivity contribution in [2.45, 2.75) is 50.7 Å². The molecule has 0 spiro atoms. The maximum atomic E-state index is 5.94. The zero-order chi connectivity index (χ0) is 11.0. The molecule has 0 aliphatic carbocycles. The van der Waals surface area contributed by atoms with E-state index in [0.29, 0.717) is 6.04 Å². The molecule has 3 rings (SSSR count). The van der Waals surface area contributed by atoms with Gasteiger partial charge in [0.15, 0.2) is 5.82 Å². The molecule has 0 radical (unpaired) electrons. The summed E-state index contributed by atoms with van der Waals surface area (Å²) in [6, 6.07) is 0.631. The first-order chi connectivity index (χ1) is 7.83. The largest absolute Gasteiger partial charge is 0.327 e. The lowest BCUT2D eigenvalue weighted by Crippen LogP contribution is -2.31. The summed E-state index contributed by atoms with van der Waals surface area (Å²) in [4.78, 5) is 4.63. The average Bonchev–Trinajstić information content (AvgIpc) is 2.73. The van der Waals surface area contributed by atoms with Crippen molar-refractivity contribution >= 4 is 0 Å². The fraction of sp³-hybridized carbons (Fsp3) is 0.818. The number of aromatic nitrogens is 3. The Kier molecular flexibility index (Phi) is 2.65. The summed E-state index contributed by atoms with van der Waals surface area (Å²) in [5, 5.41) is 8.08. The van der Waals surface area contributed by atoms with Crippen LogP contribution in [0.5, 0.6) is 0 Å². The van der Waals surface area contributed by atoms with Crippen molar-refractivity contribution in [2.24, 2.45) is 5.73 Å². The molecule has 0 saturated carbocycles. The van der Waals surface area contributed by atoms with Crippen molar-refractivity contribution in [1.29, 1.82) is 0 Å². The molecule has 0 bridgehead atoms. The molecule has 3 heterocycles. The van der Waals surface area contributed by atoms with Crippen LogP contribution in [0.4, 0.5) is 0 Å². The van der Waals surface area contributed by atoms with Crippen LogP contribution in [-0.2, 0) is 13.0 Å². The van der Waals surface area contributed by atoms with Crippen LogP contribution < -0.4 is 11.1 Å². The van der Waals surface area contributed by atoms with E-state index in [9.17, 15) is 0 Å². The summed E-state index contributed by atoms with van der Waals surface area (Å²) in [7, 11) is 0. The topological polar surface area (TPSA) is 68.8 Å². The maximum Gasteiger partial charge on any atom is 0.167 e. The van der Waals surface area contributed by atoms with E-state index in [-0.39, 0.29) is 6.04 Å². The minimum atomic E-state index is 0.267. The van der Waals surface area contributed by atoms with E-state index in [2.05, 4.69) is 15.4 Å². The molecule has 1 saturated heterocycles. The van der Waals surface area contributed by atoms with Crippen LogP contribution in [0.2, 0.25) is 0 Å². The second-order valence-electron chi connectivity index (χ2n) is 4.86. The van der Waals surface area contributed by atoms with Crippen LogP contribution in [0.25, 0.3) is 0 Å². The predicted molar refractivity (Wildman–Crippen MR) is 60.9 cm³/mol. The number of hydrogen-bond donors (Lipinski definition) is 2. The Balaban J connectivity index is 1.80. The Morgan fingerprint density at radius 3 is 3.06 bits per heavy atom. The number of nitrogens with two attached hydrogens (primary N) is 1. The third-order valence-electron chi connectivity index (χ3n) is 3.54. The van der Waals surface area contributed by atoms with Gasteiger partial charge in [-0.3, -0.25) is 0 Å². The zero-order valence-corrected chi connectivity index (χ0v) is 9.52. The summed E-state index contributed by atoms with van der Waals surface area (Å²) < 4.78 is 2.04. The third kappa shape index (κ3) is 1.85. The molecule has 1 aromatic heterocycles. The van der Waals surface area contributed by atoms with Crippen LogP contribution in [0.15, 0.2) is 0 Å². The van der Waals surface area contributed by atoms with Crippen molar-refractivity contribution in [1.82, 2.24) is 20.1 Å². The van der Waals surface area contributed by atoms with Crippen molar-refractivity contribution in [3.05, 3.63) is 11.6 Å². The van der Waals surface area contributed by atoms with Crippen molar-refractivity contribution < 1.29 is 0 Å². The Morgan fingerprint density at radius 2 is 2.25 bits per heavy atom. The molecule has 3 N–H and O–H groups in total. The van der Waals surface area contributed by atoms with Gasteiger partial charge >= 0.3 is 0 Å². The lowest BCUT2D eigenvalue weighted by Gasteiger charge is -2.20. The van der Waals surface area contributed by atoms with Gasteiger partial charge in [0, 0.05) is 19.0 Å². The van der Waals surface area contributed by atoms with Crippen LogP contribution in [0, 0.1) is 0 Å². The molecule has 5 nitrogen and oxygen atoms in total. The van der Waals surface area contributed by atoms with Gasteiger partial charge in [0.25, 0.3) is 0 Å². The second kappa shape index (κ2) is 4.14. The number of piperidine rings is 1.